The van der Waals surface area contributed by atoms with Crippen molar-refractivity contribution in [2.75, 3.05) is 39.3 Å². The minimum atomic E-state index is -0.0208. The second-order valence-corrected chi connectivity index (χ2v) is 13.9. The van der Waals surface area contributed by atoms with Crippen molar-refractivity contribution in [1.29, 1.82) is 0 Å². The Kier molecular flexibility index (Phi) is 4.95. The van der Waals surface area contributed by atoms with Crippen LogP contribution in [0.15, 0.2) is 0 Å². The second-order valence-electron chi connectivity index (χ2n) is 13.9. The maximum atomic E-state index is 13.6. The van der Waals surface area contributed by atoms with Gasteiger partial charge < -0.3 is 15.1 Å². The van der Waals surface area contributed by atoms with Crippen LogP contribution < -0.4 is 10.2 Å². The number of carbonyl (C=O) groups excluding carboxylic acids is 2. The average Bonchev–Trinajstić information content (AvgIpc) is 2.77. The van der Waals surface area contributed by atoms with Crippen molar-refractivity contribution in [1.82, 2.24) is 10.2 Å². The van der Waals surface area contributed by atoms with E-state index in [-0.39, 0.29) is 10.8 Å². The molecule has 5 nitrogen and oxygen atoms in total. The lowest BCUT2D eigenvalue weighted by Gasteiger charge is -2.56. The fourth-order valence-electron chi connectivity index (χ4n) is 10.9. The molecule has 0 spiro atoms. The summed E-state index contributed by atoms with van der Waals surface area (Å²) in [4.78, 5) is 30.6. The molecule has 8 saturated carbocycles. The standard InChI is InChI=1S/C28H43N3O2/c32-25(27-13-19-7-20(14-27)9-21(8-19)15-27)29-1-2-30-3-5-31(6-4-30)26(33)28-16-22-10-23(17-28)12-24(11-22)18-28/h19-24H,1-18H2,(H,29,32)/p+1. The number of carbonyl (C=O) groups is 2. The van der Waals surface area contributed by atoms with E-state index >= 15 is 0 Å². The molecule has 2 N–H and O–H groups in total. The minimum absolute atomic E-state index is 0.0120. The first-order valence-corrected chi connectivity index (χ1v) is 14.4. The lowest BCUT2D eigenvalue weighted by atomic mass is 9.49. The fourth-order valence-corrected chi connectivity index (χ4v) is 10.9. The number of nitrogens with one attached hydrogen (secondary N) is 2. The molecule has 33 heavy (non-hydrogen) atoms. The van der Waals surface area contributed by atoms with Crippen LogP contribution in [-0.4, -0.2) is 56.0 Å². The number of rotatable bonds is 5. The number of piperazine rings is 1. The lowest BCUT2D eigenvalue weighted by molar-refractivity contribution is -0.902. The number of amides is 2. The SMILES string of the molecule is O=C(NCC[NH+]1CCN(C(=O)C23CC4CC(CC(C4)C2)C3)CC1)C12CC3CC(CC(C3)C1)C2. The summed E-state index contributed by atoms with van der Waals surface area (Å²) in [5.41, 5.74) is -0.00878. The first kappa shape index (κ1) is 21.2. The molecule has 8 aliphatic carbocycles. The van der Waals surface area contributed by atoms with Gasteiger partial charge in [0.15, 0.2) is 0 Å². The maximum Gasteiger partial charge on any atom is 0.229 e. The van der Waals surface area contributed by atoms with Crippen LogP contribution in [0.25, 0.3) is 0 Å². The monoisotopic (exact) mass is 454 g/mol. The zero-order valence-corrected chi connectivity index (χ0v) is 20.5. The average molecular weight is 455 g/mol. The zero-order chi connectivity index (χ0) is 22.2. The molecule has 0 unspecified atom stereocenters. The van der Waals surface area contributed by atoms with Gasteiger partial charge in [0.05, 0.1) is 44.7 Å². The Morgan fingerprint density at radius 3 is 1.58 bits per heavy atom. The number of hydrogen-bond donors (Lipinski definition) is 2. The first-order chi connectivity index (χ1) is 16.0. The summed E-state index contributed by atoms with van der Waals surface area (Å²) in [5, 5.41) is 3.37. The molecule has 0 aromatic heterocycles. The predicted octanol–water partition coefficient (Wildman–Crippen LogP) is 2.26. The first-order valence-electron chi connectivity index (χ1n) is 14.4. The van der Waals surface area contributed by atoms with Crippen molar-refractivity contribution in [2.45, 2.75) is 77.0 Å². The van der Waals surface area contributed by atoms with Gasteiger partial charge in [0.2, 0.25) is 11.8 Å². The maximum absolute atomic E-state index is 13.6. The molecule has 9 rings (SSSR count). The molecular formula is C28H44N3O2+. The summed E-state index contributed by atoms with van der Waals surface area (Å²) < 4.78 is 0. The van der Waals surface area contributed by atoms with Gasteiger partial charge in [-0.1, -0.05) is 0 Å². The molecule has 9 fully saturated rings. The molecule has 2 amide bonds. The highest BCUT2D eigenvalue weighted by molar-refractivity contribution is 5.84. The van der Waals surface area contributed by atoms with Crippen LogP contribution in [-0.2, 0) is 9.59 Å². The van der Waals surface area contributed by atoms with Crippen LogP contribution in [0, 0.1) is 46.3 Å². The van der Waals surface area contributed by atoms with Gasteiger partial charge in [-0.25, -0.2) is 0 Å². The van der Waals surface area contributed by atoms with Crippen LogP contribution >= 0.6 is 0 Å². The third-order valence-corrected chi connectivity index (χ3v) is 11.5. The van der Waals surface area contributed by atoms with E-state index in [0.29, 0.717) is 11.8 Å². The summed E-state index contributed by atoms with van der Waals surface area (Å²) in [6, 6.07) is 0. The van der Waals surface area contributed by atoms with E-state index in [2.05, 4.69) is 10.2 Å². The summed E-state index contributed by atoms with van der Waals surface area (Å²) in [6.45, 7) is 5.74. The number of hydrogen-bond acceptors (Lipinski definition) is 2. The van der Waals surface area contributed by atoms with Gasteiger partial charge in [0, 0.05) is 5.41 Å². The Morgan fingerprint density at radius 1 is 0.697 bits per heavy atom. The van der Waals surface area contributed by atoms with E-state index < -0.39 is 0 Å². The molecule has 0 aromatic rings. The van der Waals surface area contributed by atoms with Gasteiger partial charge in [-0.15, -0.1) is 0 Å². The second kappa shape index (κ2) is 7.70. The highest BCUT2D eigenvalue weighted by Crippen LogP contribution is 2.61. The Hall–Kier alpha value is -1.10. The van der Waals surface area contributed by atoms with E-state index in [0.717, 1.165) is 94.0 Å². The molecular weight excluding hydrogens is 410 g/mol. The Labute approximate surface area is 199 Å². The van der Waals surface area contributed by atoms with E-state index in [1.807, 2.05) is 0 Å². The normalized spacial score (nSPS) is 47.8. The Morgan fingerprint density at radius 2 is 1.12 bits per heavy atom. The van der Waals surface area contributed by atoms with Crippen molar-refractivity contribution in [3.63, 3.8) is 0 Å². The van der Waals surface area contributed by atoms with Crippen molar-refractivity contribution in [3.05, 3.63) is 0 Å². The molecule has 5 heteroatoms. The van der Waals surface area contributed by atoms with Gasteiger partial charge in [0.1, 0.15) is 0 Å². The van der Waals surface area contributed by atoms with E-state index in [4.69, 9.17) is 0 Å². The van der Waals surface area contributed by atoms with Crippen molar-refractivity contribution < 1.29 is 14.5 Å². The third kappa shape index (κ3) is 3.58. The Bertz CT molecular complexity index is 741. The molecule has 1 saturated heterocycles. The minimum Gasteiger partial charge on any atom is -0.350 e. The number of quaternary nitrogens is 1. The van der Waals surface area contributed by atoms with Gasteiger partial charge in [-0.2, -0.15) is 0 Å². The van der Waals surface area contributed by atoms with E-state index in [1.54, 1.807) is 4.90 Å². The smallest absolute Gasteiger partial charge is 0.229 e. The fraction of sp³-hybridized carbons (Fsp3) is 0.929. The van der Waals surface area contributed by atoms with Gasteiger partial charge in [-0.05, 0) is 113 Å². The molecule has 0 radical (unpaired) electrons. The molecule has 1 heterocycles. The van der Waals surface area contributed by atoms with Crippen LogP contribution in [0.5, 0.6) is 0 Å². The largest absolute Gasteiger partial charge is 0.350 e. The molecule has 0 atom stereocenters. The molecule has 9 aliphatic rings. The molecule has 0 aromatic carbocycles. The predicted molar refractivity (Wildman–Crippen MR) is 126 cm³/mol. The molecule has 182 valence electrons. The summed E-state index contributed by atoms with van der Waals surface area (Å²) in [7, 11) is 0. The van der Waals surface area contributed by atoms with E-state index in [9.17, 15) is 9.59 Å². The van der Waals surface area contributed by atoms with Crippen LogP contribution in [0.4, 0.5) is 0 Å². The van der Waals surface area contributed by atoms with Crippen LogP contribution in [0.1, 0.15) is 77.0 Å². The molecule has 8 bridgehead atoms. The van der Waals surface area contributed by atoms with Gasteiger partial charge in [-0.3, -0.25) is 9.59 Å². The van der Waals surface area contributed by atoms with Crippen LogP contribution in [0.2, 0.25) is 0 Å². The molecule has 1 aliphatic heterocycles. The lowest BCUT2D eigenvalue weighted by Crippen LogP contribution is -3.15. The van der Waals surface area contributed by atoms with Crippen molar-refractivity contribution >= 4 is 11.8 Å². The van der Waals surface area contributed by atoms with Crippen molar-refractivity contribution in [2.24, 2.45) is 46.3 Å². The van der Waals surface area contributed by atoms with Gasteiger partial charge in [0.25, 0.3) is 0 Å². The van der Waals surface area contributed by atoms with Crippen LogP contribution in [0.3, 0.4) is 0 Å². The zero-order valence-electron chi connectivity index (χ0n) is 20.5. The topological polar surface area (TPSA) is 53.9 Å². The highest BCUT2D eigenvalue weighted by atomic mass is 16.2. The highest BCUT2D eigenvalue weighted by Gasteiger charge is 2.56. The van der Waals surface area contributed by atoms with Gasteiger partial charge >= 0.3 is 0 Å². The summed E-state index contributed by atoms with van der Waals surface area (Å²) >= 11 is 0. The third-order valence-electron chi connectivity index (χ3n) is 11.5. The van der Waals surface area contributed by atoms with E-state index in [1.165, 1.54) is 57.8 Å². The van der Waals surface area contributed by atoms with Crippen molar-refractivity contribution in [3.8, 4) is 0 Å². The summed E-state index contributed by atoms with van der Waals surface area (Å²) in [6.07, 6.45) is 15.4. The summed E-state index contributed by atoms with van der Waals surface area (Å²) in [5.74, 6) is 5.87. The quantitative estimate of drug-likeness (QED) is 0.670. The number of nitrogens with zero attached hydrogens (tertiary/aromatic N) is 1. The Balaban J connectivity index is 0.891.